The molecule has 96 valence electrons. The van der Waals surface area contributed by atoms with Crippen LogP contribution in [0, 0.1) is 0 Å². The van der Waals surface area contributed by atoms with Crippen molar-refractivity contribution in [1.29, 1.82) is 0 Å². The minimum Gasteiger partial charge on any atom is -0.466 e. The Morgan fingerprint density at radius 1 is 1.00 bits per heavy atom. The summed E-state index contributed by atoms with van der Waals surface area (Å²) in [5.74, 6) is -0.381. The van der Waals surface area contributed by atoms with Crippen molar-refractivity contribution >= 4 is 23.1 Å². The molecule has 3 heteroatoms. The molecule has 2 aromatic rings. The largest absolute Gasteiger partial charge is 0.466 e. The molecule has 2 aromatic carbocycles. The summed E-state index contributed by atoms with van der Waals surface area (Å²) in [5.41, 5.74) is 2.68. The number of ether oxygens (including phenoxy) is 1. The Labute approximate surface area is 117 Å². The molecule has 0 unspecified atom stereocenters. The van der Waals surface area contributed by atoms with Crippen LogP contribution < -0.4 is 0 Å². The van der Waals surface area contributed by atoms with E-state index in [1.165, 1.54) is 13.2 Å². The minimum atomic E-state index is -0.381. The monoisotopic (exact) mass is 272 g/mol. The Kier molecular flexibility index (Phi) is 4.37. The first-order valence-corrected chi connectivity index (χ1v) is 6.19. The van der Waals surface area contributed by atoms with E-state index >= 15 is 0 Å². The maximum Gasteiger partial charge on any atom is 0.331 e. The van der Waals surface area contributed by atoms with Crippen LogP contribution in [0.4, 0.5) is 0 Å². The number of halogens is 1. The van der Waals surface area contributed by atoms with Gasteiger partial charge in [-0.3, -0.25) is 0 Å². The number of carbonyl (C=O) groups is 1. The van der Waals surface area contributed by atoms with Crippen molar-refractivity contribution < 1.29 is 9.53 Å². The molecule has 0 aliphatic heterocycles. The van der Waals surface area contributed by atoms with Gasteiger partial charge in [-0.2, -0.15) is 0 Å². The first-order valence-electron chi connectivity index (χ1n) is 5.81. The molecule has 0 aliphatic carbocycles. The lowest BCUT2D eigenvalue weighted by molar-refractivity contribution is -0.134. The van der Waals surface area contributed by atoms with Gasteiger partial charge in [-0.1, -0.05) is 54.1 Å². The Morgan fingerprint density at radius 2 is 1.58 bits per heavy atom. The van der Waals surface area contributed by atoms with Crippen LogP contribution in [0.2, 0.25) is 5.02 Å². The summed E-state index contributed by atoms with van der Waals surface area (Å²) >= 11 is 5.88. The summed E-state index contributed by atoms with van der Waals surface area (Å²) in [4.78, 5) is 11.5. The molecule has 0 aromatic heterocycles. The van der Waals surface area contributed by atoms with Crippen molar-refractivity contribution in [3.8, 4) is 0 Å². The molecule has 2 rings (SSSR count). The molecule has 0 N–H and O–H groups in total. The number of rotatable bonds is 3. The van der Waals surface area contributed by atoms with Gasteiger partial charge in [-0.15, -0.1) is 0 Å². The molecule has 0 heterocycles. The van der Waals surface area contributed by atoms with E-state index in [0.29, 0.717) is 5.02 Å². The van der Waals surface area contributed by atoms with E-state index in [9.17, 15) is 4.79 Å². The number of esters is 1. The number of carbonyl (C=O) groups excluding carboxylic acids is 1. The second kappa shape index (κ2) is 6.21. The van der Waals surface area contributed by atoms with E-state index < -0.39 is 0 Å². The van der Waals surface area contributed by atoms with Gasteiger partial charge in [0.15, 0.2) is 0 Å². The molecule has 0 aliphatic rings. The van der Waals surface area contributed by atoms with Gasteiger partial charge in [0, 0.05) is 11.1 Å². The highest BCUT2D eigenvalue weighted by Gasteiger charge is 2.07. The molecule has 0 amide bonds. The van der Waals surface area contributed by atoms with Crippen molar-refractivity contribution in [3.05, 3.63) is 76.8 Å². The van der Waals surface area contributed by atoms with E-state index in [1.54, 1.807) is 12.1 Å². The summed E-state index contributed by atoms with van der Waals surface area (Å²) in [6.07, 6.45) is 1.48. The lowest BCUT2D eigenvalue weighted by atomic mass is 9.98. The highest BCUT2D eigenvalue weighted by atomic mass is 35.5. The number of hydrogen-bond donors (Lipinski definition) is 0. The molecule has 0 saturated carbocycles. The molecule has 0 spiro atoms. The fourth-order valence-corrected chi connectivity index (χ4v) is 1.88. The molecule has 0 fully saturated rings. The summed E-state index contributed by atoms with van der Waals surface area (Å²) in [6, 6.07) is 17.0. The van der Waals surface area contributed by atoms with Crippen LogP contribution in [0.1, 0.15) is 11.1 Å². The molecule has 0 saturated heterocycles. The zero-order valence-corrected chi connectivity index (χ0v) is 11.2. The normalized spacial score (nSPS) is 11.2. The summed E-state index contributed by atoms with van der Waals surface area (Å²) < 4.78 is 4.71. The molecular weight excluding hydrogens is 260 g/mol. The zero-order chi connectivity index (χ0) is 13.7. The maximum atomic E-state index is 11.5. The molecule has 0 atom stereocenters. The minimum absolute atomic E-state index is 0.381. The number of hydrogen-bond acceptors (Lipinski definition) is 2. The van der Waals surface area contributed by atoms with Crippen LogP contribution >= 0.6 is 11.6 Å². The van der Waals surface area contributed by atoms with Gasteiger partial charge >= 0.3 is 5.97 Å². The first-order chi connectivity index (χ1) is 9.20. The third kappa shape index (κ3) is 3.46. The molecule has 19 heavy (non-hydrogen) atoms. The Morgan fingerprint density at radius 3 is 2.16 bits per heavy atom. The van der Waals surface area contributed by atoms with E-state index in [-0.39, 0.29) is 5.97 Å². The van der Waals surface area contributed by atoms with Crippen molar-refractivity contribution in [2.24, 2.45) is 0 Å². The SMILES string of the molecule is COC(=O)/C=C(/c1ccccc1)c1ccc(Cl)cc1. The maximum absolute atomic E-state index is 11.5. The third-order valence-corrected chi connectivity index (χ3v) is 2.96. The average Bonchev–Trinajstić information content (AvgIpc) is 2.46. The van der Waals surface area contributed by atoms with Crippen molar-refractivity contribution in [2.75, 3.05) is 7.11 Å². The topological polar surface area (TPSA) is 26.3 Å². The van der Waals surface area contributed by atoms with Crippen molar-refractivity contribution in [1.82, 2.24) is 0 Å². The first kappa shape index (κ1) is 13.4. The standard InChI is InChI=1S/C16H13ClO2/c1-19-16(18)11-15(12-5-3-2-4-6-12)13-7-9-14(17)10-8-13/h2-11H,1H3/b15-11-. The molecule has 0 bridgehead atoms. The number of methoxy groups -OCH3 is 1. The van der Waals surface area contributed by atoms with E-state index in [0.717, 1.165) is 16.7 Å². The van der Waals surface area contributed by atoms with Crippen LogP contribution in [0.3, 0.4) is 0 Å². The van der Waals surface area contributed by atoms with Gasteiger partial charge in [-0.05, 0) is 28.8 Å². The Bertz CT molecular complexity index is 586. The van der Waals surface area contributed by atoms with Crippen LogP contribution in [0.25, 0.3) is 5.57 Å². The average molecular weight is 273 g/mol. The Hall–Kier alpha value is -2.06. The fourth-order valence-electron chi connectivity index (χ4n) is 1.76. The van der Waals surface area contributed by atoms with Gasteiger partial charge in [0.25, 0.3) is 0 Å². The quantitative estimate of drug-likeness (QED) is 0.625. The van der Waals surface area contributed by atoms with E-state index in [1.807, 2.05) is 42.5 Å². The highest BCUT2D eigenvalue weighted by molar-refractivity contribution is 6.30. The predicted octanol–water partition coefficient (Wildman–Crippen LogP) is 3.94. The van der Waals surface area contributed by atoms with Crippen LogP contribution in [0.5, 0.6) is 0 Å². The van der Waals surface area contributed by atoms with Gasteiger partial charge in [-0.25, -0.2) is 4.79 Å². The molecule has 0 radical (unpaired) electrons. The van der Waals surface area contributed by atoms with Crippen molar-refractivity contribution in [2.45, 2.75) is 0 Å². The second-order valence-corrected chi connectivity index (χ2v) is 4.39. The highest BCUT2D eigenvalue weighted by Crippen LogP contribution is 2.24. The van der Waals surface area contributed by atoms with Crippen LogP contribution in [-0.4, -0.2) is 13.1 Å². The lowest BCUT2D eigenvalue weighted by Gasteiger charge is -2.08. The van der Waals surface area contributed by atoms with Crippen LogP contribution in [-0.2, 0) is 9.53 Å². The fraction of sp³-hybridized carbons (Fsp3) is 0.0625. The summed E-state index contributed by atoms with van der Waals surface area (Å²) in [7, 11) is 1.36. The lowest BCUT2D eigenvalue weighted by Crippen LogP contribution is -1.98. The van der Waals surface area contributed by atoms with Gasteiger partial charge in [0.05, 0.1) is 7.11 Å². The van der Waals surface area contributed by atoms with Gasteiger partial charge in [0.2, 0.25) is 0 Å². The number of benzene rings is 2. The van der Waals surface area contributed by atoms with Gasteiger partial charge in [0.1, 0.15) is 0 Å². The van der Waals surface area contributed by atoms with E-state index in [2.05, 4.69) is 0 Å². The molecule has 2 nitrogen and oxygen atoms in total. The second-order valence-electron chi connectivity index (χ2n) is 3.95. The van der Waals surface area contributed by atoms with Crippen LogP contribution in [0.15, 0.2) is 60.7 Å². The predicted molar refractivity (Wildman–Crippen MR) is 77.0 cm³/mol. The van der Waals surface area contributed by atoms with Crippen molar-refractivity contribution in [3.63, 3.8) is 0 Å². The summed E-state index contributed by atoms with van der Waals surface area (Å²) in [6.45, 7) is 0. The third-order valence-electron chi connectivity index (χ3n) is 2.70. The smallest absolute Gasteiger partial charge is 0.331 e. The summed E-state index contributed by atoms with van der Waals surface area (Å²) in [5, 5.41) is 0.661. The molecular formula is C16H13ClO2. The Balaban J connectivity index is 2.49. The van der Waals surface area contributed by atoms with E-state index in [4.69, 9.17) is 16.3 Å². The zero-order valence-electron chi connectivity index (χ0n) is 10.5. The van der Waals surface area contributed by atoms with Gasteiger partial charge < -0.3 is 4.74 Å².